The summed E-state index contributed by atoms with van der Waals surface area (Å²) in [7, 11) is 0. The van der Waals surface area contributed by atoms with Crippen LogP contribution in [0.1, 0.15) is 94.5 Å². The van der Waals surface area contributed by atoms with Crippen LogP contribution in [0.3, 0.4) is 0 Å². The van der Waals surface area contributed by atoms with Crippen molar-refractivity contribution in [1.29, 1.82) is 0 Å². The first kappa shape index (κ1) is 82.2. The summed E-state index contributed by atoms with van der Waals surface area (Å²) in [6, 6.07) is 97.0. The highest BCUT2D eigenvalue weighted by Crippen LogP contribution is 2.55. The molecule has 0 fully saturated rings. The Balaban J connectivity index is 0.000000118. The van der Waals surface area contributed by atoms with E-state index in [1.54, 1.807) is 18.5 Å². The number of benzene rings is 13. The predicted octanol–water partition coefficient (Wildman–Crippen LogP) is 29.3. The van der Waals surface area contributed by atoms with Gasteiger partial charge in [0.2, 0.25) is 0 Å². The molecule has 16 aromatic rings. The molecule has 0 N–H and O–H groups in total. The number of hydrogen-bond acceptors (Lipinski definition) is 13. The molecule has 3 aromatic heterocycles. The molecule has 4 unspecified atom stereocenters. The molecule has 4 aliphatic rings. The third-order valence-electron chi connectivity index (χ3n) is 24.1. The minimum absolute atomic E-state index is 0.0454. The van der Waals surface area contributed by atoms with Crippen molar-refractivity contribution < 1.29 is 22.3 Å². The van der Waals surface area contributed by atoms with Gasteiger partial charge in [-0.2, -0.15) is 0 Å². The third kappa shape index (κ3) is 15.7. The van der Waals surface area contributed by atoms with Crippen LogP contribution in [0.4, 0.5) is 104 Å². The quantitative estimate of drug-likeness (QED) is 0.123. The molecule has 0 saturated heterocycles. The molecule has 622 valence electrons. The third-order valence-corrected chi connectivity index (χ3v) is 24.1. The van der Waals surface area contributed by atoms with E-state index in [9.17, 15) is 13.2 Å². The topological polar surface area (TPSA) is 87.0 Å². The van der Waals surface area contributed by atoms with Gasteiger partial charge in [-0.1, -0.05) is 146 Å². The van der Waals surface area contributed by atoms with Gasteiger partial charge >= 0.3 is 6.36 Å². The number of rotatable bonds is 11. The Morgan fingerprint density at radius 3 is 1.13 bits per heavy atom. The van der Waals surface area contributed by atoms with E-state index in [-0.39, 0.29) is 30.4 Å². The molecule has 13 nitrogen and oxygen atoms in total. The molecule has 7 heterocycles. The fourth-order valence-electron chi connectivity index (χ4n) is 19.1. The second-order valence-electron chi connectivity index (χ2n) is 33.2. The van der Waals surface area contributed by atoms with E-state index in [1.807, 2.05) is 88.6 Å². The zero-order valence-corrected chi connectivity index (χ0v) is 73.0. The fraction of sp³-hybridized carbons (Fsp3) is 0.194. The summed E-state index contributed by atoms with van der Waals surface area (Å²) in [6.07, 6.45) is 2.73. The van der Waals surface area contributed by atoms with E-state index in [1.165, 1.54) is 119 Å². The zero-order chi connectivity index (χ0) is 86.7. The summed E-state index contributed by atoms with van der Waals surface area (Å²) in [4.78, 5) is 32.2. The number of fused-ring (bicyclic) bond motifs is 7. The lowest BCUT2D eigenvalue weighted by Gasteiger charge is -2.31. The van der Waals surface area contributed by atoms with Crippen LogP contribution in [0, 0.1) is 83.1 Å². The molecule has 4 atom stereocenters. The monoisotopic (exact) mass is 1640 g/mol. The van der Waals surface area contributed by atoms with Crippen LogP contribution in [0.2, 0.25) is 0 Å². The Morgan fingerprint density at radius 1 is 0.290 bits per heavy atom. The number of aromatic nitrogens is 3. The Hall–Kier alpha value is -14.1. The highest BCUT2D eigenvalue weighted by atomic mass is 19.4. The zero-order valence-electron chi connectivity index (χ0n) is 73.0. The van der Waals surface area contributed by atoms with Crippen LogP contribution in [-0.2, 0) is 0 Å². The van der Waals surface area contributed by atoms with Crippen LogP contribution < -0.4 is 43.9 Å². The van der Waals surface area contributed by atoms with Crippen molar-refractivity contribution in [1.82, 2.24) is 15.0 Å². The molecule has 0 spiro atoms. The van der Waals surface area contributed by atoms with Crippen molar-refractivity contribution in [2.45, 2.75) is 142 Å². The van der Waals surface area contributed by atoms with E-state index < -0.39 is 6.36 Å². The van der Waals surface area contributed by atoms with Crippen molar-refractivity contribution in [2.24, 2.45) is 0 Å². The second kappa shape index (κ2) is 33.7. The van der Waals surface area contributed by atoms with Crippen molar-refractivity contribution in [3.05, 3.63) is 371 Å². The summed E-state index contributed by atoms with van der Waals surface area (Å²) in [6.45, 7) is 34.4. The lowest BCUT2D eigenvalue weighted by molar-refractivity contribution is -0.274. The lowest BCUT2D eigenvalue weighted by Crippen LogP contribution is -2.36. The van der Waals surface area contributed by atoms with Gasteiger partial charge in [-0.15, -0.1) is 13.2 Å². The molecular weight excluding hydrogens is 1540 g/mol. The molecule has 4 aliphatic heterocycles. The maximum atomic E-state index is 12.8. The summed E-state index contributed by atoms with van der Waals surface area (Å²) in [5.74, 6) is 1.54. The Labute approximate surface area is 725 Å². The largest absolute Gasteiger partial charge is 0.573 e. The fourth-order valence-corrected chi connectivity index (χ4v) is 19.1. The first-order valence-electron chi connectivity index (χ1n) is 42.4. The van der Waals surface area contributed by atoms with Crippen molar-refractivity contribution >= 4 is 113 Å². The van der Waals surface area contributed by atoms with Crippen LogP contribution in [0.15, 0.2) is 308 Å². The van der Waals surface area contributed by atoms with Gasteiger partial charge < -0.3 is 48.4 Å². The van der Waals surface area contributed by atoms with E-state index in [2.05, 4.69) is 344 Å². The van der Waals surface area contributed by atoms with Gasteiger partial charge in [-0.3, -0.25) is 4.98 Å². The van der Waals surface area contributed by atoms with E-state index in [4.69, 9.17) is 14.4 Å². The minimum Gasteiger partial charge on any atom is -0.455 e. The highest BCUT2D eigenvalue weighted by Gasteiger charge is 2.42. The number of anilines is 16. The van der Waals surface area contributed by atoms with E-state index in [0.717, 1.165) is 89.8 Å². The number of hydrogen-bond donors (Lipinski definition) is 0. The molecule has 0 radical (unpaired) electrons. The number of ether oxygens (including phenoxy) is 1. The smallest absolute Gasteiger partial charge is 0.455 e. The second-order valence-corrected chi connectivity index (χ2v) is 33.2. The summed E-state index contributed by atoms with van der Waals surface area (Å²) in [5, 5.41) is 2.31. The number of furan rings is 1. The standard InChI is InChI=1S/C35H30N2O.C26H25N5.C24H23F3N2O.C23H24N2/c1-22-18-23(2)20-27(19-22)36-25(4)37(31-14-7-5-10-24(31)3)33-21-26(16-17-32(33)36)28-12-9-13-30-29-11-6-8-15-34(29)38-35(28)30;1-17-7-5-6-8-23(17)31-20(4)30(25-26(31)29-14-13-28-25)22-15-18(2)24(19(3)16-22)21-9-11-27-12-10-21;1-15-11-16(2)13-19(12-15)28-18(4)29(21-8-6-5-7-17(21)3)22-10-9-20(14-23(22)28)30-24(25,26)27;1-16-13-17(2)15-20(14-16)24-19(4)25(21-10-6-5-9-18(21)3)23-12-8-7-11-22(23)24/h5-21,25H,1-4H3;5-16,20H,1-4H3;5-14,18H,1-4H3;5-15,19H,1-4H3. The maximum Gasteiger partial charge on any atom is 0.573 e. The number of pyridine rings is 1. The maximum absolute atomic E-state index is 12.8. The van der Waals surface area contributed by atoms with Crippen molar-refractivity contribution in [3.63, 3.8) is 0 Å². The molecule has 0 amide bonds. The Morgan fingerprint density at radius 2 is 0.653 bits per heavy atom. The van der Waals surface area contributed by atoms with Gasteiger partial charge in [0, 0.05) is 92.7 Å². The van der Waals surface area contributed by atoms with Gasteiger partial charge in [0.15, 0.2) is 11.6 Å². The van der Waals surface area contributed by atoms with Crippen LogP contribution in [-0.4, -0.2) is 46.0 Å². The van der Waals surface area contributed by atoms with E-state index >= 15 is 0 Å². The first-order valence-corrected chi connectivity index (χ1v) is 42.4. The van der Waals surface area contributed by atoms with Crippen LogP contribution >= 0.6 is 0 Å². The summed E-state index contributed by atoms with van der Waals surface area (Å²) >= 11 is 0. The van der Waals surface area contributed by atoms with Gasteiger partial charge in [0.05, 0.1) is 34.1 Å². The number of halogens is 3. The Bertz CT molecular complexity index is 6620. The van der Waals surface area contributed by atoms with Crippen LogP contribution in [0.25, 0.3) is 44.2 Å². The first-order chi connectivity index (χ1) is 59.7. The molecule has 0 bridgehead atoms. The summed E-state index contributed by atoms with van der Waals surface area (Å²) < 4.78 is 49.1. The number of nitrogens with zero attached hydrogens (tertiary/aromatic N) is 11. The molecular formula is C108H102F3N11O2. The average Bonchev–Trinajstić information content (AvgIpc) is 1.59. The van der Waals surface area contributed by atoms with Gasteiger partial charge in [0.25, 0.3) is 0 Å². The number of aryl methyl sites for hydroxylation is 12. The summed E-state index contributed by atoms with van der Waals surface area (Å²) in [5.41, 5.74) is 36.9. The SMILES string of the molecule is Cc1cc(C)cc(N2c3cc(OC(F)(F)F)ccc3N(c3ccccc3C)C2C)c1.Cc1cc(C)cc(N2c3ccc(-c4cccc5c4oc4ccccc45)cc3N(c3ccccc3C)C2C)c1.Cc1cc(C)cc(N2c3ccccc3N(c3ccccc3C)C2C)c1.Cc1ccccc1N1c2nccnc2N(c2cc(C)c(-c3ccncc3)c(C)c2)C1C. The van der Waals surface area contributed by atoms with Gasteiger partial charge in [-0.05, 0) is 322 Å². The number of alkyl halides is 3. The lowest BCUT2D eigenvalue weighted by atomic mass is 9.95. The molecule has 20 rings (SSSR count). The normalized spacial score (nSPS) is 15.6. The number of para-hydroxylation sites is 8. The predicted molar refractivity (Wildman–Crippen MR) is 507 cm³/mol. The Kier molecular flexibility index (Phi) is 22.3. The molecule has 16 heteroatoms. The van der Waals surface area contributed by atoms with Crippen molar-refractivity contribution in [2.75, 3.05) is 39.2 Å². The molecule has 124 heavy (non-hydrogen) atoms. The van der Waals surface area contributed by atoms with Gasteiger partial charge in [0.1, 0.15) is 41.6 Å². The minimum atomic E-state index is -4.74. The van der Waals surface area contributed by atoms with Gasteiger partial charge in [-0.25, -0.2) is 9.97 Å². The average molecular weight is 1640 g/mol. The van der Waals surface area contributed by atoms with Crippen molar-refractivity contribution in [3.8, 4) is 28.0 Å². The van der Waals surface area contributed by atoms with E-state index in [0.29, 0.717) is 5.69 Å². The molecule has 0 aliphatic carbocycles. The molecule has 13 aromatic carbocycles. The molecule has 0 saturated carbocycles. The highest BCUT2D eigenvalue weighted by molar-refractivity contribution is 6.10. The van der Waals surface area contributed by atoms with Crippen LogP contribution in [0.5, 0.6) is 5.75 Å².